The number of nitrogens with zero attached hydrogens (tertiary/aromatic N) is 2. The third-order valence-corrected chi connectivity index (χ3v) is 2.33. The molecule has 0 saturated carbocycles. The van der Waals surface area contributed by atoms with E-state index in [1.165, 1.54) is 0 Å². The second-order valence-electron chi connectivity index (χ2n) is 3.71. The molecule has 0 unspecified atom stereocenters. The number of hydrogen-bond acceptors (Lipinski definition) is 2. The molecule has 10 heteroatoms. The summed E-state index contributed by atoms with van der Waals surface area (Å²) in [6, 6.07) is 1.74. The quantitative estimate of drug-likeness (QED) is 0.823. The van der Waals surface area contributed by atoms with Crippen LogP contribution in [0.5, 0.6) is 0 Å². The molecule has 0 aromatic carbocycles. The minimum atomic E-state index is -4.88. The van der Waals surface area contributed by atoms with Crippen LogP contribution in [-0.2, 0) is 12.4 Å². The van der Waals surface area contributed by atoms with Crippen LogP contribution in [0.25, 0.3) is 5.82 Å². The smallest absolute Gasteiger partial charge is 0.285 e. The Kier molecular flexibility index (Phi) is 3.11. The fourth-order valence-corrected chi connectivity index (χ4v) is 1.49. The molecule has 0 aliphatic carbocycles. The van der Waals surface area contributed by atoms with Gasteiger partial charge < -0.3 is 0 Å². The molecule has 2 rings (SSSR count). The molecule has 2 aromatic rings. The minimum absolute atomic E-state index is 0.103. The number of aromatic nitrogens is 3. The van der Waals surface area contributed by atoms with Crippen LogP contribution in [0.4, 0.5) is 26.3 Å². The van der Waals surface area contributed by atoms with Crippen molar-refractivity contribution in [3.05, 3.63) is 46.0 Å². The van der Waals surface area contributed by atoms with Crippen molar-refractivity contribution in [2.45, 2.75) is 12.4 Å². The first kappa shape index (κ1) is 14.2. The molecule has 0 radical (unpaired) electrons. The van der Waals surface area contributed by atoms with E-state index in [0.717, 1.165) is 12.3 Å². The van der Waals surface area contributed by atoms with Gasteiger partial charge in [0.2, 0.25) is 0 Å². The van der Waals surface area contributed by atoms with Crippen LogP contribution in [0.1, 0.15) is 11.3 Å². The standard InChI is InChI=1S/C10H5F6N3O/c11-9(12,13)5-2-1-3-17-8(5)19-7(20)4-6(18-19)10(14,15)16/h1-4,18H. The topological polar surface area (TPSA) is 50.7 Å². The first-order valence-electron chi connectivity index (χ1n) is 5.02. The van der Waals surface area contributed by atoms with Crippen LogP contribution in [0.2, 0.25) is 0 Å². The van der Waals surface area contributed by atoms with Gasteiger partial charge in [0.15, 0.2) is 5.82 Å². The van der Waals surface area contributed by atoms with Gasteiger partial charge in [-0.25, -0.2) is 9.67 Å². The Morgan fingerprint density at radius 2 is 1.75 bits per heavy atom. The van der Waals surface area contributed by atoms with Crippen molar-refractivity contribution < 1.29 is 26.3 Å². The van der Waals surface area contributed by atoms with Gasteiger partial charge in [0.1, 0.15) is 11.3 Å². The average molecular weight is 297 g/mol. The molecule has 0 amide bonds. The molecule has 1 N–H and O–H groups in total. The molecule has 0 spiro atoms. The van der Waals surface area contributed by atoms with E-state index >= 15 is 0 Å². The number of halogens is 6. The highest BCUT2D eigenvalue weighted by molar-refractivity contribution is 5.35. The molecule has 0 aliphatic rings. The number of H-pyrrole nitrogens is 1. The molecule has 2 aromatic heterocycles. The summed E-state index contributed by atoms with van der Waals surface area (Å²) in [5.41, 5.74) is -4.07. The lowest BCUT2D eigenvalue weighted by molar-refractivity contribution is -0.141. The predicted molar refractivity (Wildman–Crippen MR) is 54.2 cm³/mol. The number of hydrogen-bond donors (Lipinski definition) is 1. The van der Waals surface area contributed by atoms with Gasteiger partial charge in [-0.1, -0.05) is 0 Å². The molecule has 0 saturated heterocycles. The fourth-order valence-electron chi connectivity index (χ4n) is 1.49. The maximum atomic E-state index is 12.7. The van der Waals surface area contributed by atoms with Crippen LogP contribution in [-0.4, -0.2) is 14.8 Å². The lowest BCUT2D eigenvalue weighted by atomic mass is 10.2. The van der Waals surface area contributed by atoms with E-state index in [2.05, 4.69) is 4.98 Å². The van der Waals surface area contributed by atoms with Crippen LogP contribution in [0.3, 0.4) is 0 Å². The normalized spacial score (nSPS) is 12.7. The largest absolute Gasteiger partial charge is 0.432 e. The van der Waals surface area contributed by atoms with Gasteiger partial charge in [0.25, 0.3) is 5.56 Å². The summed E-state index contributed by atoms with van der Waals surface area (Å²) in [5.74, 6) is -0.944. The van der Waals surface area contributed by atoms with E-state index in [4.69, 9.17) is 0 Å². The highest BCUT2D eigenvalue weighted by atomic mass is 19.4. The van der Waals surface area contributed by atoms with Gasteiger partial charge >= 0.3 is 12.4 Å². The molecule has 2 heterocycles. The molecular formula is C10H5F6N3O. The van der Waals surface area contributed by atoms with Crippen molar-refractivity contribution in [3.63, 3.8) is 0 Å². The summed E-state index contributed by atoms with van der Waals surface area (Å²) in [6.07, 6.45) is -8.80. The van der Waals surface area contributed by atoms with Crippen molar-refractivity contribution in [1.29, 1.82) is 0 Å². The monoisotopic (exact) mass is 297 g/mol. The van der Waals surface area contributed by atoms with Gasteiger partial charge in [0, 0.05) is 12.3 Å². The molecule has 108 valence electrons. The van der Waals surface area contributed by atoms with Crippen molar-refractivity contribution in [2.75, 3.05) is 0 Å². The lowest BCUT2D eigenvalue weighted by Gasteiger charge is -2.11. The van der Waals surface area contributed by atoms with Gasteiger partial charge in [-0.05, 0) is 12.1 Å². The van der Waals surface area contributed by atoms with Gasteiger partial charge in [0.05, 0.1) is 0 Å². The third-order valence-electron chi connectivity index (χ3n) is 2.33. The molecule has 0 fully saturated rings. The maximum absolute atomic E-state index is 12.7. The zero-order chi connectivity index (χ0) is 15.1. The van der Waals surface area contributed by atoms with E-state index in [-0.39, 0.29) is 10.7 Å². The Labute approximate surface area is 106 Å². The number of pyridine rings is 1. The van der Waals surface area contributed by atoms with Crippen molar-refractivity contribution in [3.8, 4) is 5.82 Å². The molecule has 20 heavy (non-hydrogen) atoms. The fraction of sp³-hybridized carbons (Fsp3) is 0.200. The summed E-state index contributed by atoms with van der Waals surface area (Å²) in [5, 5.41) is 1.57. The van der Waals surface area contributed by atoms with E-state index in [0.29, 0.717) is 6.07 Å². The maximum Gasteiger partial charge on any atom is 0.432 e. The summed E-state index contributed by atoms with van der Waals surface area (Å²) in [4.78, 5) is 14.7. The Bertz CT molecular complexity index is 681. The minimum Gasteiger partial charge on any atom is -0.285 e. The van der Waals surface area contributed by atoms with E-state index in [1.54, 1.807) is 5.10 Å². The Morgan fingerprint density at radius 3 is 2.25 bits per heavy atom. The SMILES string of the molecule is O=c1cc(C(F)(F)F)[nH]n1-c1ncccc1C(F)(F)F. The Morgan fingerprint density at radius 1 is 1.10 bits per heavy atom. The Balaban J connectivity index is 2.65. The van der Waals surface area contributed by atoms with E-state index < -0.39 is 35.0 Å². The van der Waals surface area contributed by atoms with Crippen molar-refractivity contribution in [2.24, 2.45) is 0 Å². The first-order chi connectivity index (χ1) is 9.10. The number of rotatable bonds is 1. The molecule has 0 atom stereocenters. The van der Waals surface area contributed by atoms with E-state index in [1.807, 2.05) is 0 Å². The lowest BCUT2D eigenvalue weighted by Crippen LogP contribution is -2.20. The van der Waals surface area contributed by atoms with Gasteiger partial charge in [-0.15, -0.1) is 0 Å². The number of nitrogens with one attached hydrogen (secondary N) is 1. The predicted octanol–water partition coefficient (Wildman–Crippen LogP) is 2.60. The van der Waals surface area contributed by atoms with Gasteiger partial charge in [-0.2, -0.15) is 26.3 Å². The molecular weight excluding hydrogens is 292 g/mol. The van der Waals surface area contributed by atoms with E-state index in [9.17, 15) is 31.1 Å². The summed E-state index contributed by atoms with van der Waals surface area (Å²) in [7, 11) is 0. The molecule has 0 bridgehead atoms. The van der Waals surface area contributed by atoms with Crippen LogP contribution in [0, 0.1) is 0 Å². The second kappa shape index (κ2) is 4.39. The number of alkyl halides is 6. The zero-order valence-corrected chi connectivity index (χ0v) is 9.38. The highest BCUT2D eigenvalue weighted by Gasteiger charge is 2.37. The highest BCUT2D eigenvalue weighted by Crippen LogP contribution is 2.32. The summed E-state index contributed by atoms with van der Waals surface area (Å²) >= 11 is 0. The van der Waals surface area contributed by atoms with Crippen molar-refractivity contribution in [1.82, 2.24) is 14.8 Å². The van der Waals surface area contributed by atoms with Crippen molar-refractivity contribution >= 4 is 0 Å². The van der Waals surface area contributed by atoms with Gasteiger partial charge in [-0.3, -0.25) is 9.89 Å². The summed E-state index contributed by atoms with van der Waals surface area (Å²) in [6.45, 7) is 0. The molecule has 4 nitrogen and oxygen atoms in total. The summed E-state index contributed by atoms with van der Waals surface area (Å²) < 4.78 is 75.5. The first-order valence-corrected chi connectivity index (χ1v) is 5.02. The zero-order valence-electron chi connectivity index (χ0n) is 9.38. The average Bonchev–Trinajstić information content (AvgIpc) is 2.70. The molecule has 0 aliphatic heterocycles. The van der Waals surface area contributed by atoms with Crippen LogP contribution >= 0.6 is 0 Å². The van der Waals surface area contributed by atoms with Crippen LogP contribution in [0.15, 0.2) is 29.2 Å². The number of aromatic amines is 1. The Hall–Kier alpha value is -2.26. The third kappa shape index (κ3) is 2.53. The van der Waals surface area contributed by atoms with Crippen LogP contribution < -0.4 is 5.56 Å². The second-order valence-corrected chi connectivity index (χ2v) is 3.71.